The van der Waals surface area contributed by atoms with Crippen LogP contribution in [0.25, 0.3) is 0 Å². The Bertz CT molecular complexity index is 702. The van der Waals surface area contributed by atoms with Crippen LogP contribution in [0.15, 0.2) is 36.7 Å². The van der Waals surface area contributed by atoms with Crippen molar-refractivity contribution >= 4 is 28.9 Å². The topological polar surface area (TPSA) is 45.2 Å². The van der Waals surface area contributed by atoms with Crippen LogP contribution in [0.1, 0.15) is 37.0 Å². The average molecular weight is 350 g/mol. The number of pyridine rings is 1. The number of rotatable bonds is 7. The molecule has 0 aliphatic heterocycles. The van der Waals surface area contributed by atoms with Crippen LogP contribution in [0.4, 0.5) is 15.8 Å². The van der Waals surface area contributed by atoms with Crippen molar-refractivity contribution in [3.63, 3.8) is 0 Å². The molecule has 1 N–H and O–H groups in total. The molecule has 128 valence electrons. The molecule has 2 rings (SSSR count). The third kappa shape index (κ3) is 4.68. The Morgan fingerprint density at radius 2 is 1.88 bits per heavy atom. The Kier molecular flexibility index (Phi) is 6.55. The highest BCUT2D eigenvalue weighted by Crippen LogP contribution is 2.23. The Labute approximate surface area is 146 Å². The fraction of sp³-hybridized carbons (Fsp3) is 0.333. The van der Waals surface area contributed by atoms with Gasteiger partial charge in [-0.1, -0.05) is 25.4 Å². The monoisotopic (exact) mass is 349 g/mol. The van der Waals surface area contributed by atoms with E-state index in [0.717, 1.165) is 25.9 Å². The molecular weight excluding hydrogens is 329 g/mol. The second kappa shape index (κ2) is 8.64. The summed E-state index contributed by atoms with van der Waals surface area (Å²) < 4.78 is 13.2. The SMILES string of the molecule is CCCN(CCC)C(=O)c1cncc(Nc2ccc(F)c(Cl)c2)c1. The summed E-state index contributed by atoms with van der Waals surface area (Å²) in [5, 5.41) is 3.12. The molecule has 0 aliphatic rings. The summed E-state index contributed by atoms with van der Waals surface area (Å²) in [5.41, 5.74) is 1.80. The number of halogens is 2. The highest BCUT2D eigenvalue weighted by atomic mass is 35.5. The summed E-state index contributed by atoms with van der Waals surface area (Å²) in [6.45, 7) is 5.53. The quantitative estimate of drug-likeness (QED) is 0.774. The number of aromatic nitrogens is 1. The minimum Gasteiger partial charge on any atom is -0.354 e. The number of anilines is 2. The van der Waals surface area contributed by atoms with E-state index in [1.54, 1.807) is 24.5 Å². The van der Waals surface area contributed by atoms with Gasteiger partial charge in [-0.2, -0.15) is 0 Å². The largest absolute Gasteiger partial charge is 0.354 e. The molecule has 0 unspecified atom stereocenters. The standard InChI is InChI=1S/C18H21ClFN3O/c1-3-7-23(8-4-2)18(24)13-9-15(12-21-11-13)22-14-5-6-17(20)16(19)10-14/h5-6,9-12,22H,3-4,7-8H2,1-2H3. The zero-order valence-electron chi connectivity index (χ0n) is 13.9. The molecule has 0 aliphatic carbocycles. The molecular formula is C18H21ClFN3O. The molecule has 0 atom stereocenters. The van der Waals surface area contributed by atoms with Gasteiger partial charge in [0.25, 0.3) is 5.91 Å². The molecule has 6 heteroatoms. The van der Waals surface area contributed by atoms with Crippen LogP contribution >= 0.6 is 11.6 Å². The molecule has 24 heavy (non-hydrogen) atoms. The smallest absolute Gasteiger partial charge is 0.255 e. The van der Waals surface area contributed by atoms with Crippen LogP contribution < -0.4 is 5.32 Å². The van der Waals surface area contributed by atoms with Crippen molar-refractivity contribution in [2.24, 2.45) is 0 Å². The normalized spacial score (nSPS) is 10.5. The van der Waals surface area contributed by atoms with Gasteiger partial charge in [-0.3, -0.25) is 9.78 Å². The van der Waals surface area contributed by atoms with Crippen LogP contribution in [-0.4, -0.2) is 28.9 Å². The Morgan fingerprint density at radius 1 is 1.17 bits per heavy atom. The van der Waals surface area contributed by atoms with Crippen molar-refractivity contribution in [3.8, 4) is 0 Å². The van der Waals surface area contributed by atoms with E-state index in [-0.39, 0.29) is 10.9 Å². The first kappa shape index (κ1) is 18.2. The second-order valence-corrected chi connectivity index (χ2v) is 5.92. The van der Waals surface area contributed by atoms with Gasteiger partial charge in [0.2, 0.25) is 0 Å². The van der Waals surface area contributed by atoms with Gasteiger partial charge < -0.3 is 10.2 Å². The fourth-order valence-corrected chi connectivity index (χ4v) is 2.58. The van der Waals surface area contributed by atoms with Gasteiger partial charge in [0.15, 0.2) is 0 Å². The highest BCUT2D eigenvalue weighted by Gasteiger charge is 2.15. The minimum absolute atomic E-state index is 0.0352. The highest BCUT2D eigenvalue weighted by molar-refractivity contribution is 6.31. The molecule has 1 aromatic carbocycles. The number of nitrogens with zero attached hydrogens (tertiary/aromatic N) is 2. The maximum absolute atomic E-state index is 13.2. The molecule has 0 saturated carbocycles. The molecule has 0 saturated heterocycles. The maximum atomic E-state index is 13.2. The number of amides is 1. The van der Waals surface area contributed by atoms with E-state index in [9.17, 15) is 9.18 Å². The predicted octanol–water partition coefficient (Wildman–Crippen LogP) is 4.88. The first-order valence-electron chi connectivity index (χ1n) is 8.01. The van der Waals surface area contributed by atoms with Crippen LogP contribution in [-0.2, 0) is 0 Å². The lowest BCUT2D eigenvalue weighted by Gasteiger charge is -2.21. The molecule has 1 heterocycles. The van der Waals surface area contributed by atoms with Gasteiger partial charge >= 0.3 is 0 Å². The van der Waals surface area contributed by atoms with Gasteiger partial charge in [0.05, 0.1) is 22.5 Å². The summed E-state index contributed by atoms with van der Waals surface area (Å²) in [4.78, 5) is 18.6. The minimum atomic E-state index is -0.473. The van der Waals surface area contributed by atoms with E-state index in [2.05, 4.69) is 10.3 Å². The molecule has 1 aromatic heterocycles. The van der Waals surface area contributed by atoms with Crippen molar-refractivity contribution in [1.82, 2.24) is 9.88 Å². The first-order chi connectivity index (χ1) is 11.5. The Morgan fingerprint density at radius 3 is 2.50 bits per heavy atom. The number of hydrogen-bond acceptors (Lipinski definition) is 3. The van der Waals surface area contributed by atoms with Gasteiger partial charge in [0.1, 0.15) is 5.82 Å². The van der Waals surface area contributed by atoms with Crippen LogP contribution in [0.2, 0.25) is 5.02 Å². The van der Waals surface area contributed by atoms with Crippen molar-refractivity contribution in [2.45, 2.75) is 26.7 Å². The van der Waals surface area contributed by atoms with E-state index in [4.69, 9.17) is 11.6 Å². The van der Waals surface area contributed by atoms with Crippen molar-refractivity contribution in [1.29, 1.82) is 0 Å². The molecule has 0 bridgehead atoms. The van der Waals surface area contributed by atoms with Crippen LogP contribution in [0.5, 0.6) is 0 Å². The van der Waals surface area contributed by atoms with Crippen molar-refractivity contribution in [2.75, 3.05) is 18.4 Å². The van der Waals surface area contributed by atoms with Gasteiger partial charge in [0, 0.05) is 25.0 Å². The average Bonchev–Trinajstić information content (AvgIpc) is 2.58. The molecule has 0 radical (unpaired) electrons. The third-order valence-corrected chi connectivity index (χ3v) is 3.76. The second-order valence-electron chi connectivity index (χ2n) is 5.51. The van der Waals surface area contributed by atoms with E-state index < -0.39 is 5.82 Å². The van der Waals surface area contributed by atoms with E-state index in [1.807, 2.05) is 18.7 Å². The van der Waals surface area contributed by atoms with E-state index in [0.29, 0.717) is 16.9 Å². The van der Waals surface area contributed by atoms with Gasteiger partial charge in [-0.25, -0.2) is 4.39 Å². The lowest BCUT2D eigenvalue weighted by atomic mass is 10.2. The Balaban J connectivity index is 2.18. The van der Waals surface area contributed by atoms with E-state index >= 15 is 0 Å². The molecule has 1 amide bonds. The number of benzene rings is 1. The number of nitrogens with one attached hydrogen (secondary N) is 1. The third-order valence-electron chi connectivity index (χ3n) is 3.47. The lowest BCUT2D eigenvalue weighted by Crippen LogP contribution is -2.32. The summed E-state index contributed by atoms with van der Waals surface area (Å²) in [5.74, 6) is -0.508. The van der Waals surface area contributed by atoms with Crippen LogP contribution in [0.3, 0.4) is 0 Å². The number of carbonyl (C=O) groups is 1. The summed E-state index contributed by atoms with van der Waals surface area (Å²) in [7, 11) is 0. The first-order valence-corrected chi connectivity index (χ1v) is 8.39. The fourth-order valence-electron chi connectivity index (χ4n) is 2.40. The number of carbonyl (C=O) groups excluding carboxylic acids is 1. The molecule has 2 aromatic rings. The van der Waals surface area contributed by atoms with Crippen LogP contribution in [0, 0.1) is 5.82 Å². The summed E-state index contributed by atoms with van der Waals surface area (Å²) in [6.07, 6.45) is 4.98. The van der Waals surface area contributed by atoms with Crippen molar-refractivity contribution < 1.29 is 9.18 Å². The van der Waals surface area contributed by atoms with E-state index in [1.165, 1.54) is 12.1 Å². The lowest BCUT2D eigenvalue weighted by molar-refractivity contribution is 0.0755. The van der Waals surface area contributed by atoms with Gasteiger partial charge in [-0.05, 0) is 37.1 Å². The summed E-state index contributed by atoms with van der Waals surface area (Å²) >= 11 is 5.78. The van der Waals surface area contributed by atoms with Gasteiger partial charge in [-0.15, -0.1) is 0 Å². The Hall–Kier alpha value is -2.14. The maximum Gasteiger partial charge on any atom is 0.255 e. The zero-order chi connectivity index (χ0) is 17.5. The molecule has 0 spiro atoms. The molecule has 0 fully saturated rings. The number of hydrogen-bond donors (Lipinski definition) is 1. The molecule has 4 nitrogen and oxygen atoms in total. The summed E-state index contributed by atoms with van der Waals surface area (Å²) in [6, 6.07) is 6.10. The zero-order valence-corrected chi connectivity index (χ0v) is 14.6. The predicted molar refractivity (Wildman–Crippen MR) is 95.4 cm³/mol. The van der Waals surface area contributed by atoms with Crippen molar-refractivity contribution in [3.05, 3.63) is 53.1 Å².